The first-order valence-corrected chi connectivity index (χ1v) is 10.2. The van der Waals surface area contributed by atoms with E-state index in [2.05, 4.69) is 0 Å². The van der Waals surface area contributed by atoms with E-state index in [4.69, 9.17) is 0 Å². The molecule has 2 nitrogen and oxygen atoms in total. The largest absolute Gasteiger partial charge is 0.478 e. The molecule has 0 aromatic heterocycles. The van der Waals surface area contributed by atoms with Crippen LogP contribution in [0.3, 0.4) is 0 Å². The van der Waals surface area contributed by atoms with Crippen LogP contribution < -0.4 is 0 Å². The van der Waals surface area contributed by atoms with Gasteiger partial charge in [0.15, 0.2) is 0 Å². The standard InChI is InChI=1S/C21H34O2/c22-21(23)20(18-14-8-3-9-15-18)19(16-10-4-1-5-11-16)17-12-6-2-7-13-17/h16-18H,1-15H2,(H,22,23). The molecule has 0 bridgehead atoms. The molecule has 0 aromatic carbocycles. The van der Waals surface area contributed by atoms with Crippen molar-refractivity contribution in [3.63, 3.8) is 0 Å². The molecule has 3 saturated carbocycles. The summed E-state index contributed by atoms with van der Waals surface area (Å²) >= 11 is 0. The molecule has 1 N–H and O–H groups in total. The third-order valence-electron chi connectivity index (χ3n) is 6.64. The van der Waals surface area contributed by atoms with E-state index in [0.717, 1.165) is 18.4 Å². The number of hydrogen-bond acceptors (Lipinski definition) is 1. The first kappa shape index (κ1) is 17.0. The van der Waals surface area contributed by atoms with E-state index in [1.165, 1.54) is 89.0 Å². The second-order valence-corrected chi connectivity index (χ2v) is 8.18. The Kier molecular flexibility index (Phi) is 6.19. The molecule has 0 heterocycles. The zero-order valence-corrected chi connectivity index (χ0v) is 14.7. The molecule has 3 aliphatic carbocycles. The maximum atomic E-state index is 12.3. The molecular formula is C21H34O2. The maximum absolute atomic E-state index is 12.3. The molecule has 0 atom stereocenters. The Bertz CT molecular complexity index is 399. The summed E-state index contributed by atoms with van der Waals surface area (Å²) in [4.78, 5) is 12.3. The first-order valence-electron chi connectivity index (χ1n) is 10.2. The van der Waals surface area contributed by atoms with Crippen molar-refractivity contribution in [2.45, 2.75) is 96.3 Å². The number of carboxylic acid groups (broad SMARTS) is 1. The van der Waals surface area contributed by atoms with E-state index in [0.29, 0.717) is 17.8 Å². The van der Waals surface area contributed by atoms with E-state index in [1.807, 2.05) is 0 Å². The summed E-state index contributed by atoms with van der Waals surface area (Å²) in [6.07, 6.45) is 18.9. The number of rotatable bonds is 4. The van der Waals surface area contributed by atoms with Gasteiger partial charge in [-0.2, -0.15) is 0 Å². The molecular weight excluding hydrogens is 284 g/mol. The molecule has 3 rings (SSSR count). The lowest BCUT2D eigenvalue weighted by Gasteiger charge is -2.36. The van der Waals surface area contributed by atoms with Crippen LogP contribution in [-0.4, -0.2) is 11.1 Å². The quantitative estimate of drug-likeness (QED) is 0.635. The number of carboxylic acids is 1. The zero-order chi connectivity index (χ0) is 16.1. The van der Waals surface area contributed by atoms with Gasteiger partial charge in [-0.3, -0.25) is 0 Å². The second-order valence-electron chi connectivity index (χ2n) is 8.18. The molecule has 0 amide bonds. The van der Waals surface area contributed by atoms with E-state index in [9.17, 15) is 9.90 Å². The molecule has 0 spiro atoms. The van der Waals surface area contributed by atoms with Crippen LogP contribution in [0.5, 0.6) is 0 Å². The number of hydrogen-bond donors (Lipinski definition) is 1. The van der Waals surface area contributed by atoms with Crippen LogP contribution in [0.2, 0.25) is 0 Å². The Morgan fingerprint density at radius 1 is 0.565 bits per heavy atom. The van der Waals surface area contributed by atoms with Crippen LogP contribution in [0.4, 0.5) is 0 Å². The van der Waals surface area contributed by atoms with Gasteiger partial charge in [-0.05, 0) is 56.3 Å². The van der Waals surface area contributed by atoms with Crippen molar-refractivity contribution >= 4 is 5.97 Å². The summed E-state index contributed by atoms with van der Waals surface area (Å²) < 4.78 is 0. The van der Waals surface area contributed by atoms with E-state index in [-0.39, 0.29) is 0 Å². The van der Waals surface area contributed by atoms with Gasteiger partial charge in [-0.25, -0.2) is 4.79 Å². The Labute approximate surface area is 141 Å². The first-order chi connectivity index (χ1) is 11.3. The molecule has 130 valence electrons. The lowest BCUT2D eigenvalue weighted by Crippen LogP contribution is -2.27. The van der Waals surface area contributed by atoms with Gasteiger partial charge in [0.05, 0.1) is 0 Å². The Morgan fingerprint density at radius 2 is 0.913 bits per heavy atom. The summed E-state index contributed by atoms with van der Waals surface area (Å²) in [5.41, 5.74) is 2.33. The molecule has 0 unspecified atom stereocenters. The monoisotopic (exact) mass is 318 g/mol. The fraction of sp³-hybridized carbons (Fsp3) is 0.857. The van der Waals surface area contributed by atoms with E-state index >= 15 is 0 Å². The van der Waals surface area contributed by atoms with Crippen LogP contribution in [0, 0.1) is 17.8 Å². The highest BCUT2D eigenvalue weighted by Gasteiger charge is 2.34. The molecule has 0 aromatic rings. The molecule has 0 aliphatic heterocycles. The van der Waals surface area contributed by atoms with Crippen LogP contribution >= 0.6 is 0 Å². The smallest absolute Gasteiger partial charge is 0.331 e. The lowest BCUT2D eigenvalue weighted by atomic mass is 9.69. The van der Waals surface area contributed by atoms with Gasteiger partial charge in [0.1, 0.15) is 0 Å². The van der Waals surface area contributed by atoms with Gasteiger partial charge in [0.25, 0.3) is 0 Å². The zero-order valence-electron chi connectivity index (χ0n) is 14.7. The van der Waals surface area contributed by atoms with Gasteiger partial charge in [-0.15, -0.1) is 0 Å². The fourth-order valence-corrected chi connectivity index (χ4v) is 5.53. The molecule has 23 heavy (non-hydrogen) atoms. The van der Waals surface area contributed by atoms with Gasteiger partial charge in [0, 0.05) is 5.57 Å². The average molecular weight is 319 g/mol. The van der Waals surface area contributed by atoms with Crippen LogP contribution in [0.1, 0.15) is 96.3 Å². The lowest BCUT2D eigenvalue weighted by molar-refractivity contribution is -0.133. The minimum atomic E-state index is -0.581. The minimum absolute atomic E-state index is 0.347. The van der Waals surface area contributed by atoms with Gasteiger partial charge in [0.2, 0.25) is 0 Å². The van der Waals surface area contributed by atoms with E-state index in [1.54, 1.807) is 0 Å². The van der Waals surface area contributed by atoms with Crippen molar-refractivity contribution in [1.29, 1.82) is 0 Å². The second kappa shape index (κ2) is 8.35. The number of aliphatic carboxylic acids is 1. The van der Waals surface area contributed by atoms with Crippen molar-refractivity contribution in [3.8, 4) is 0 Å². The Balaban J connectivity index is 1.94. The summed E-state index contributed by atoms with van der Waals surface area (Å²) in [7, 11) is 0. The predicted molar refractivity (Wildman–Crippen MR) is 94.4 cm³/mol. The Hall–Kier alpha value is -0.790. The molecule has 0 radical (unpaired) electrons. The summed E-state index contributed by atoms with van der Waals surface area (Å²) in [6.45, 7) is 0. The Morgan fingerprint density at radius 3 is 1.26 bits per heavy atom. The highest BCUT2D eigenvalue weighted by atomic mass is 16.4. The van der Waals surface area contributed by atoms with E-state index < -0.39 is 5.97 Å². The number of allylic oxidation sites excluding steroid dienone is 1. The fourth-order valence-electron chi connectivity index (χ4n) is 5.53. The summed E-state index contributed by atoms with van der Waals surface area (Å²) in [5, 5.41) is 10.1. The van der Waals surface area contributed by atoms with Crippen molar-refractivity contribution in [3.05, 3.63) is 11.1 Å². The molecule has 2 heteroatoms. The normalized spacial score (nSPS) is 25.2. The summed E-state index contributed by atoms with van der Waals surface area (Å²) in [5.74, 6) is 0.933. The van der Waals surface area contributed by atoms with Crippen LogP contribution in [0.15, 0.2) is 11.1 Å². The van der Waals surface area contributed by atoms with Crippen molar-refractivity contribution in [2.24, 2.45) is 17.8 Å². The predicted octanol–water partition coefficient (Wildman–Crippen LogP) is 6.11. The average Bonchev–Trinajstić information content (AvgIpc) is 2.61. The summed E-state index contributed by atoms with van der Waals surface area (Å²) in [6, 6.07) is 0. The van der Waals surface area contributed by atoms with Crippen LogP contribution in [0.25, 0.3) is 0 Å². The van der Waals surface area contributed by atoms with Gasteiger partial charge in [-0.1, -0.05) is 63.4 Å². The SMILES string of the molecule is O=C(O)C(=C(C1CCCCC1)C1CCCCC1)C1CCCCC1. The van der Waals surface area contributed by atoms with Crippen molar-refractivity contribution in [1.82, 2.24) is 0 Å². The highest BCUT2D eigenvalue weighted by Crippen LogP contribution is 2.44. The van der Waals surface area contributed by atoms with Crippen LogP contribution in [-0.2, 0) is 4.79 Å². The third-order valence-corrected chi connectivity index (χ3v) is 6.64. The maximum Gasteiger partial charge on any atom is 0.331 e. The highest BCUT2D eigenvalue weighted by molar-refractivity contribution is 5.88. The topological polar surface area (TPSA) is 37.3 Å². The van der Waals surface area contributed by atoms with Crippen molar-refractivity contribution in [2.75, 3.05) is 0 Å². The number of carbonyl (C=O) groups is 1. The van der Waals surface area contributed by atoms with Gasteiger partial charge >= 0.3 is 5.97 Å². The van der Waals surface area contributed by atoms with Gasteiger partial charge < -0.3 is 5.11 Å². The molecule has 3 aliphatic rings. The molecule has 3 fully saturated rings. The molecule has 0 saturated heterocycles. The van der Waals surface area contributed by atoms with Crippen molar-refractivity contribution < 1.29 is 9.90 Å². The third kappa shape index (κ3) is 4.19. The minimum Gasteiger partial charge on any atom is -0.478 e.